The Balaban J connectivity index is 2.64. The molecule has 102 valence electrons. The lowest BCUT2D eigenvalue weighted by Gasteiger charge is -2.12. The zero-order chi connectivity index (χ0) is 14.2. The molecule has 1 aromatic carbocycles. The molecule has 8 heteroatoms. The molecule has 0 unspecified atom stereocenters. The van der Waals surface area contributed by atoms with Gasteiger partial charge in [-0.3, -0.25) is 4.57 Å². The second-order valence-electron chi connectivity index (χ2n) is 3.74. The van der Waals surface area contributed by atoms with Crippen molar-refractivity contribution in [3.05, 3.63) is 39.9 Å². The molecule has 2 aromatic rings. The van der Waals surface area contributed by atoms with Crippen molar-refractivity contribution in [2.45, 2.75) is 19.5 Å². The number of hydrogen-bond donors (Lipinski definition) is 0. The zero-order valence-electron chi connectivity index (χ0n) is 9.67. The summed E-state index contributed by atoms with van der Waals surface area (Å²) in [6, 6.07) is 3.02. The number of aromatic nitrogens is 3. The highest BCUT2D eigenvalue weighted by molar-refractivity contribution is 6.33. The molecule has 0 radical (unpaired) electrons. The van der Waals surface area contributed by atoms with Gasteiger partial charge in [-0.05, 0) is 29.8 Å². The van der Waals surface area contributed by atoms with Gasteiger partial charge in [-0.1, -0.05) is 18.5 Å². The van der Waals surface area contributed by atoms with Crippen LogP contribution >= 0.6 is 23.2 Å². The Hall–Kier alpha value is -1.27. The van der Waals surface area contributed by atoms with E-state index in [0.717, 1.165) is 12.1 Å². The van der Waals surface area contributed by atoms with Crippen LogP contribution in [0.5, 0.6) is 0 Å². The molecule has 0 saturated heterocycles. The Morgan fingerprint density at radius 1 is 1.21 bits per heavy atom. The van der Waals surface area contributed by atoms with Gasteiger partial charge in [-0.15, -0.1) is 10.2 Å². The molecule has 0 aliphatic carbocycles. The Kier molecular flexibility index (Phi) is 3.73. The highest BCUT2D eigenvalue weighted by Crippen LogP contribution is 2.34. The van der Waals surface area contributed by atoms with Gasteiger partial charge in [0.2, 0.25) is 5.28 Å². The number of halogens is 5. The molecule has 0 amide bonds. The van der Waals surface area contributed by atoms with Gasteiger partial charge in [-0.2, -0.15) is 13.2 Å². The SMILES string of the molecule is CCc1nnc(Cl)n1-c1cc(C(F)(F)F)ccc1Cl. The molecule has 2 rings (SSSR count). The molecule has 0 fully saturated rings. The maximum Gasteiger partial charge on any atom is 0.416 e. The lowest BCUT2D eigenvalue weighted by Crippen LogP contribution is -2.08. The standard InChI is InChI=1S/C11H8Cl2F3N3/c1-2-9-17-18-10(13)19(9)8-5-6(11(14,15)16)3-4-7(8)12/h3-5H,2H2,1H3. The molecular weight excluding hydrogens is 302 g/mol. The fourth-order valence-corrected chi connectivity index (χ4v) is 2.05. The predicted octanol–water partition coefficient (Wildman–Crippen LogP) is 4.16. The van der Waals surface area contributed by atoms with Crippen molar-refractivity contribution in [2.24, 2.45) is 0 Å². The molecule has 0 atom stereocenters. The molecule has 0 N–H and O–H groups in total. The van der Waals surface area contributed by atoms with Gasteiger partial charge < -0.3 is 0 Å². The quantitative estimate of drug-likeness (QED) is 0.834. The number of hydrogen-bond acceptors (Lipinski definition) is 2. The fraction of sp³-hybridized carbons (Fsp3) is 0.273. The van der Waals surface area contributed by atoms with E-state index in [1.165, 1.54) is 10.6 Å². The fourth-order valence-electron chi connectivity index (χ4n) is 1.62. The van der Waals surface area contributed by atoms with Crippen molar-refractivity contribution < 1.29 is 13.2 Å². The summed E-state index contributed by atoms with van der Waals surface area (Å²) in [6.45, 7) is 1.79. The minimum Gasteiger partial charge on any atom is -0.268 e. The molecule has 1 aromatic heterocycles. The molecule has 19 heavy (non-hydrogen) atoms. The number of rotatable bonds is 2. The Labute approximate surface area is 117 Å². The minimum absolute atomic E-state index is 0.0296. The maximum atomic E-state index is 12.7. The number of nitrogens with zero attached hydrogens (tertiary/aromatic N) is 3. The Morgan fingerprint density at radius 3 is 2.47 bits per heavy atom. The van der Waals surface area contributed by atoms with Crippen LogP contribution in [0.3, 0.4) is 0 Å². The largest absolute Gasteiger partial charge is 0.416 e. The molecule has 1 heterocycles. The normalized spacial score (nSPS) is 11.9. The molecule has 0 bridgehead atoms. The molecule has 0 aliphatic heterocycles. The van der Waals surface area contributed by atoms with Gasteiger partial charge >= 0.3 is 6.18 Å². The van der Waals surface area contributed by atoms with Gasteiger partial charge in [0.25, 0.3) is 0 Å². The zero-order valence-corrected chi connectivity index (χ0v) is 11.2. The van der Waals surface area contributed by atoms with E-state index in [0.29, 0.717) is 12.2 Å². The first-order valence-corrected chi connectivity index (χ1v) is 6.07. The van der Waals surface area contributed by atoms with E-state index in [4.69, 9.17) is 23.2 Å². The van der Waals surface area contributed by atoms with Gasteiger partial charge in [0, 0.05) is 6.42 Å². The highest BCUT2D eigenvalue weighted by atomic mass is 35.5. The number of aryl methyl sites for hydroxylation is 1. The van der Waals surface area contributed by atoms with Crippen LogP contribution < -0.4 is 0 Å². The maximum absolute atomic E-state index is 12.7. The van der Waals surface area contributed by atoms with Crippen LogP contribution in [0.2, 0.25) is 10.3 Å². The molecule has 0 saturated carbocycles. The number of alkyl halides is 3. The summed E-state index contributed by atoms with van der Waals surface area (Å²) in [5, 5.41) is 7.53. The first-order valence-electron chi connectivity index (χ1n) is 5.31. The van der Waals surface area contributed by atoms with Crippen LogP contribution in [0.15, 0.2) is 18.2 Å². The third-order valence-electron chi connectivity index (χ3n) is 2.52. The van der Waals surface area contributed by atoms with Crippen LogP contribution in [0.25, 0.3) is 5.69 Å². The summed E-state index contributed by atoms with van der Waals surface area (Å²) in [5.41, 5.74) is -0.693. The summed E-state index contributed by atoms with van der Waals surface area (Å²) in [7, 11) is 0. The second kappa shape index (κ2) is 5.02. The van der Waals surface area contributed by atoms with E-state index in [9.17, 15) is 13.2 Å². The summed E-state index contributed by atoms with van der Waals surface area (Å²) >= 11 is 11.8. The van der Waals surface area contributed by atoms with Crippen LogP contribution in [0.1, 0.15) is 18.3 Å². The Morgan fingerprint density at radius 2 is 1.89 bits per heavy atom. The van der Waals surface area contributed by atoms with Crippen LogP contribution in [-0.4, -0.2) is 14.8 Å². The average Bonchev–Trinajstić information content (AvgIpc) is 2.69. The van der Waals surface area contributed by atoms with Crippen LogP contribution in [0, 0.1) is 0 Å². The first kappa shape index (κ1) is 14.1. The molecule has 0 aliphatic rings. The summed E-state index contributed by atoms with van der Waals surface area (Å²) in [5.74, 6) is 0.436. The van der Waals surface area contributed by atoms with Crippen molar-refractivity contribution in [3.63, 3.8) is 0 Å². The van der Waals surface area contributed by atoms with E-state index in [1.54, 1.807) is 6.92 Å². The molecule has 0 spiro atoms. The second-order valence-corrected chi connectivity index (χ2v) is 4.48. The van der Waals surface area contributed by atoms with Crippen molar-refractivity contribution in [2.75, 3.05) is 0 Å². The van der Waals surface area contributed by atoms with Crippen molar-refractivity contribution >= 4 is 23.2 Å². The Bertz CT molecular complexity index is 608. The lowest BCUT2D eigenvalue weighted by molar-refractivity contribution is -0.137. The first-order chi connectivity index (χ1) is 8.84. The van der Waals surface area contributed by atoms with Crippen molar-refractivity contribution in [1.29, 1.82) is 0 Å². The van der Waals surface area contributed by atoms with Gasteiger partial charge in [0.1, 0.15) is 5.82 Å². The van der Waals surface area contributed by atoms with Gasteiger partial charge in [0.05, 0.1) is 16.3 Å². The topological polar surface area (TPSA) is 30.7 Å². The van der Waals surface area contributed by atoms with E-state index >= 15 is 0 Å². The monoisotopic (exact) mass is 309 g/mol. The summed E-state index contributed by atoms with van der Waals surface area (Å²) in [6.07, 6.45) is -3.99. The van der Waals surface area contributed by atoms with Crippen LogP contribution in [0.4, 0.5) is 13.2 Å². The summed E-state index contributed by atoms with van der Waals surface area (Å²) < 4.78 is 39.4. The average molecular weight is 310 g/mol. The number of benzene rings is 1. The summed E-state index contributed by atoms with van der Waals surface area (Å²) in [4.78, 5) is 0. The minimum atomic E-state index is -4.45. The third-order valence-corrected chi connectivity index (χ3v) is 3.09. The predicted molar refractivity (Wildman–Crippen MR) is 65.8 cm³/mol. The van der Waals surface area contributed by atoms with E-state index < -0.39 is 11.7 Å². The molecular formula is C11H8Cl2F3N3. The van der Waals surface area contributed by atoms with Crippen molar-refractivity contribution in [1.82, 2.24) is 14.8 Å². The molecule has 3 nitrogen and oxygen atoms in total. The van der Waals surface area contributed by atoms with Gasteiger partial charge in [0.15, 0.2) is 0 Å². The van der Waals surface area contributed by atoms with E-state index in [1.807, 2.05) is 0 Å². The highest BCUT2D eigenvalue weighted by Gasteiger charge is 2.31. The van der Waals surface area contributed by atoms with Crippen LogP contribution in [-0.2, 0) is 12.6 Å². The third kappa shape index (κ3) is 2.69. The van der Waals surface area contributed by atoms with E-state index in [2.05, 4.69) is 10.2 Å². The van der Waals surface area contributed by atoms with Gasteiger partial charge in [-0.25, -0.2) is 0 Å². The van der Waals surface area contributed by atoms with E-state index in [-0.39, 0.29) is 16.0 Å². The van der Waals surface area contributed by atoms with Crippen molar-refractivity contribution in [3.8, 4) is 5.69 Å². The lowest BCUT2D eigenvalue weighted by atomic mass is 10.2. The smallest absolute Gasteiger partial charge is 0.268 e.